The first kappa shape index (κ1) is 19.9. The van der Waals surface area contributed by atoms with Crippen molar-refractivity contribution >= 4 is 50.7 Å². The van der Waals surface area contributed by atoms with Gasteiger partial charge in [-0.1, -0.05) is 12.1 Å². The first-order chi connectivity index (χ1) is 14.3. The van der Waals surface area contributed by atoms with E-state index >= 15 is 0 Å². The van der Waals surface area contributed by atoms with Gasteiger partial charge in [0, 0.05) is 11.3 Å². The number of carbonyl (C=O) groups excluding carboxylic acids is 3. The van der Waals surface area contributed by atoms with Crippen molar-refractivity contribution in [2.75, 3.05) is 22.1 Å². The second-order valence-corrected chi connectivity index (χ2v) is 7.68. The van der Waals surface area contributed by atoms with Crippen molar-refractivity contribution in [1.82, 2.24) is 0 Å². The maximum Gasteiger partial charge on any atom is 0.260 e. The summed E-state index contributed by atoms with van der Waals surface area (Å²) in [5.41, 5.74) is 2.63. The second-order valence-electron chi connectivity index (χ2n) is 6.89. The third kappa shape index (κ3) is 3.61. The number of amides is 3. The number of benzene rings is 2. The van der Waals surface area contributed by atoms with E-state index in [4.69, 9.17) is 4.42 Å². The molecule has 7 nitrogen and oxygen atoms in total. The van der Waals surface area contributed by atoms with Gasteiger partial charge in [0.1, 0.15) is 18.1 Å². The van der Waals surface area contributed by atoms with Gasteiger partial charge in [-0.3, -0.25) is 19.3 Å². The van der Waals surface area contributed by atoms with Gasteiger partial charge in [0.15, 0.2) is 0 Å². The molecule has 2 N–H and O–H groups in total. The normalized spacial score (nSPS) is 12.9. The Bertz CT molecular complexity index is 1170. The Morgan fingerprint density at radius 3 is 2.43 bits per heavy atom. The zero-order chi connectivity index (χ0) is 21.4. The summed E-state index contributed by atoms with van der Waals surface area (Å²) in [7, 11) is 0. The molecule has 1 aromatic heterocycles. The highest BCUT2D eigenvalue weighted by atomic mass is 79.9. The maximum atomic E-state index is 13.0. The van der Waals surface area contributed by atoms with Crippen molar-refractivity contribution in [3.05, 3.63) is 75.7 Å². The lowest BCUT2D eigenvalue weighted by Gasteiger charge is -2.29. The SMILES string of the molecule is Cc1oc(C)c(C(=O)Nc2ccc(C(=O)N3CC(=O)Nc4ccccc43)cc2)c1Br. The molecule has 1 aliphatic rings. The van der Waals surface area contributed by atoms with E-state index in [0.717, 1.165) is 0 Å². The number of nitrogens with one attached hydrogen (secondary N) is 2. The molecule has 1 aliphatic heterocycles. The van der Waals surface area contributed by atoms with E-state index in [2.05, 4.69) is 26.6 Å². The predicted octanol–water partition coefficient (Wildman–Crippen LogP) is 4.51. The lowest BCUT2D eigenvalue weighted by Crippen LogP contribution is -2.42. The molecule has 3 amide bonds. The van der Waals surface area contributed by atoms with Crippen LogP contribution in [0.5, 0.6) is 0 Å². The molecule has 0 fully saturated rings. The smallest absolute Gasteiger partial charge is 0.260 e. The molecule has 8 heteroatoms. The fourth-order valence-electron chi connectivity index (χ4n) is 3.38. The van der Waals surface area contributed by atoms with Crippen LogP contribution in [0.15, 0.2) is 57.4 Å². The van der Waals surface area contributed by atoms with Gasteiger partial charge in [0.05, 0.1) is 21.4 Å². The quantitative estimate of drug-likeness (QED) is 0.592. The Balaban J connectivity index is 1.53. The summed E-state index contributed by atoms with van der Waals surface area (Å²) in [6.07, 6.45) is 0. The number of hydrogen-bond donors (Lipinski definition) is 2. The molecule has 3 aromatic rings. The number of aryl methyl sites for hydroxylation is 2. The number of nitrogens with zero attached hydrogens (tertiary/aromatic N) is 1. The molecule has 2 aromatic carbocycles. The van der Waals surface area contributed by atoms with Crippen molar-refractivity contribution in [2.45, 2.75) is 13.8 Å². The van der Waals surface area contributed by atoms with Crippen LogP contribution in [-0.2, 0) is 4.79 Å². The number of carbonyl (C=O) groups is 3. The monoisotopic (exact) mass is 467 g/mol. The minimum absolute atomic E-state index is 0.0541. The van der Waals surface area contributed by atoms with Crippen molar-refractivity contribution in [2.24, 2.45) is 0 Å². The molecule has 0 atom stereocenters. The fraction of sp³-hybridized carbons (Fsp3) is 0.136. The van der Waals surface area contributed by atoms with Crippen LogP contribution in [0.1, 0.15) is 32.2 Å². The van der Waals surface area contributed by atoms with Crippen molar-refractivity contribution in [1.29, 1.82) is 0 Å². The third-order valence-electron chi connectivity index (χ3n) is 4.82. The Hall–Kier alpha value is -3.39. The van der Waals surface area contributed by atoms with E-state index in [-0.39, 0.29) is 24.3 Å². The van der Waals surface area contributed by atoms with Crippen molar-refractivity contribution in [3.63, 3.8) is 0 Å². The molecule has 0 bridgehead atoms. The van der Waals surface area contributed by atoms with E-state index in [0.29, 0.717) is 44.2 Å². The summed E-state index contributed by atoms with van der Waals surface area (Å²) in [5, 5.41) is 5.57. The highest BCUT2D eigenvalue weighted by Gasteiger charge is 2.27. The molecule has 2 heterocycles. The largest absolute Gasteiger partial charge is 0.465 e. The Kier molecular flexibility index (Phi) is 5.17. The number of furan rings is 1. The average Bonchev–Trinajstić information content (AvgIpc) is 2.98. The van der Waals surface area contributed by atoms with Crippen LogP contribution in [-0.4, -0.2) is 24.3 Å². The molecular weight excluding hydrogens is 450 g/mol. The first-order valence-corrected chi connectivity index (χ1v) is 10.0. The molecule has 0 saturated carbocycles. The minimum Gasteiger partial charge on any atom is -0.465 e. The number of para-hydroxylation sites is 2. The van der Waals surface area contributed by atoms with Gasteiger partial charge in [-0.05, 0) is 66.2 Å². The summed E-state index contributed by atoms with van der Waals surface area (Å²) in [4.78, 5) is 39.0. The van der Waals surface area contributed by atoms with E-state index in [9.17, 15) is 14.4 Å². The van der Waals surface area contributed by atoms with Gasteiger partial charge in [0.2, 0.25) is 5.91 Å². The molecule has 0 saturated heterocycles. The Morgan fingerprint density at radius 1 is 1.07 bits per heavy atom. The molecule has 30 heavy (non-hydrogen) atoms. The van der Waals surface area contributed by atoms with Crippen LogP contribution in [0.3, 0.4) is 0 Å². The standard InChI is InChI=1S/C22H18BrN3O4/c1-12-19(20(23)13(2)30-12)21(28)24-15-9-7-14(8-10-15)22(29)26-11-18(27)25-16-5-3-4-6-17(16)26/h3-10H,11H2,1-2H3,(H,24,28)(H,25,27). The summed E-state index contributed by atoms with van der Waals surface area (Å²) >= 11 is 3.37. The van der Waals surface area contributed by atoms with Crippen LogP contribution in [0.2, 0.25) is 0 Å². The van der Waals surface area contributed by atoms with Gasteiger partial charge >= 0.3 is 0 Å². The van der Waals surface area contributed by atoms with Gasteiger partial charge in [-0.2, -0.15) is 0 Å². The number of anilines is 3. The molecule has 0 aliphatic carbocycles. The van der Waals surface area contributed by atoms with Crippen LogP contribution in [0.4, 0.5) is 17.1 Å². The van der Waals surface area contributed by atoms with E-state index in [1.807, 2.05) is 6.07 Å². The fourth-order valence-corrected chi connectivity index (χ4v) is 3.92. The maximum absolute atomic E-state index is 13.0. The van der Waals surface area contributed by atoms with Crippen LogP contribution >= 0.6 is 15.9 Å². The molecule has 4 rings (SSSR count). The zero-order valence-corrected chi connectivity index (χ0v) is 17.9. The lowest BCUT2D eigenvalue weighted by atomic mass is 10.1. The molecule has 0 unspecified atom stereocenters. The highest BCUT2D eigenvalue weighted by molar-refractivity contribution is 9.10. The number of halogens is 1. The third-order valence-corrected chi connectivity index (χ3v) is 5.77. The minimum atomic E-state index is -0.308. The van der Waals surface area contributed by atoms with Crippen molar-refractivity contribution in [3.8, 4) is 0 Å². The second kappa shape index (κ2) is 7.79. The van der Waals surface area contributed by atoms with Crippen LogP contribution in [0.25, 0.3) is 0 Å². The predicted molar refractivity (Wildman–Crippen MR) is 117 cm³/mol. The van der Waals surface area contributed by atoms with E-state index < -0.39 is 0 Å². The highest BCUT2D eigenvalue weighted by Crippen LogP contribution is 2.31. The first-order valence-electron chi connectivity index (χ1n) is 9.23. The lowest BCUT2D eigenvalue weighted by molar-refractivity contribution is -0.115. The van der Waals surface area contributed by atoms with Gasteiger partial charge < -0.3 is 15.1 Å². The average molecular weight is 468 g/mol. The Labute approximate surface area is 181 Å². The van der Waals surface area contributed by atoms with Crippen LogP contribution in [0, 0.1) is 13.8 Å². The summed E-state index contributed by atoms with van der Waals surface area (Å²) in [5.74, 6) is 0.300. The summed E-state index contributed by atoms with van der Waals surface area (Å²) in [6, 6.07) is 13.7. The number of rotatable bonds is 3. The van der Waals surface area contributed by atoms with E-state index in [1.54, 1.807) is 56.3 Å². The summed E-state index contributed by atoms with van der Waals surface area (Å²) in [6.45, 7) is 3.44. The zero-order valence-electron chi connectivity index (χ0n) is 16.3. The van der Waals surface area contributed by atoms with Crippen molar-refractivity contribution < 1.29 is 18.8 Å². The number of fused-ring (bicyclic) bond motifs is 1. The molecule has 152 valence electrons. The molecular formula is C22H18BrN3O4. The molecule has 0 radical (unpaired) electrons. The van der Waals surface area contributed by atoms with Gasteiger partial charge in [-0.25, -0.2) is 0 Å². The summed E-state index contributed by atoms with van der Waals surface area (Å²) < 4.78 is 6.09. The van der Waals surface area contributed by atoms with Crippen LogP contribution < -0.4 is 15.5 Å². The van der Waals surface area contributed by atoms with E-state index in [1.165, 1.54) is 4.90 Å². The molecule has 0 spiro atoms. The topological polar surface area (TPSA) is 91.7 Å². The number of hydrogen-bond acceptors (Lipinski definition) is 4. The Morgan fingerprint density at radius 2 is 1.77 bits per heavy atom. The van der Waals surface area contributed by atoms with Gasteiger partial charge in [-0.15, -0.1) is 0 Å². The van der Waals surface area contributed by atoms with Gasteiger partial charge in [0.25, 0.3) is 11.8 Å².